The number of aliphatic hydroxyl groups is 3. The molecule has 15 heavy (non-hydrogen) atoms. The summed E-state index contributed by atoms with van der Waals surface area (Å²) in [7, 11) is -3.95. The normalized spacial score (nSPS) is 13.1. The van der Waals surface area contributed by atoms with E-state index in [1.807, 2.05) is 0 Å². The molecule has 0 aromatic rings. The van der Waals surface area contributed by atoms with Gasteiger partial charge in [-0.15, -0.1) is 0 Å². The standard InChI is InChI=1S/C8H18O6S/c9-5-8(6-10,7-11)3-1-2-4-15(12,13)14/h9-11H,1-7H2,(H,12,13,14). The first-order valence-corrected chi connectivity index (χ1v) is 6.28. The Morgan fingerprint density at radius 2 is 1.40 bits per heavy atom. The molecule has 0 aromatic heterocycles. The smallest absolute Gasteiger partial charge is 0.264 e. The lowest BCUT2D eigenvalue weighted by molar-refractivity contribution is -0.00194. The number of rotatable bonds is 8. The Kier molecular flexibility index (Phi) is 6.30. The quantitative estimate of drug-likeness (QED) is 0.321. The summed E-state index contributed by atoms with van der Waals surface area (Å²) in [6.07, 6.45) is 0.952. The van der Waals surface area contributed by atoms with E-state index in [0.717, 1.165) is 0 Å². The van der Waals surface area contributed by atoms with Gasteiger partial charge in [-0.2, -0.15) is 8.42 Å². The molecule has 0 saturated heterocycles. The minimum atomic E-state index is -3.95. The first kappa shape index (κ1) is 14.8. The molecule has 0 aliphatic rings. The fraction of sp³-hybridized carbons (Fsp3) is 1.00. The molecule has 0 bridgehead atoms. The van der Waals surface area contributed by atoms with Crippen LogP contribution in [0.2, 0.25) is 0 Å². The molecule has 0 amide bonds. The third-order valence-electron chi connectivity index (χ3n) is 2.37. The summed E-state index contributed by atoms with van der Waals surface area (Å²) in [5, 5.41) is 26.8. The second-order valence-corrected chi connectivity index (χ2v) is 5.29. The van der Waals surface area contributed by atoms with E-state index in [4.69, 9.17) is 19.9 Å². The Balaban J connectivity index is 3.92. The zero-order valence-electron chi connectivity index (χ0n) is 8.46. The van der Waals surface area contributed by atoms with E-state index in [2.05, 4.69) is 0 Å². The molecule has 4 N–H and O–H groups in total. The van der Waals surface area contributed by atoms with Crippen molar-refractivity contribution in [2.45, 2.75) is 19.3 Å². The number of hydrogen-bond acceptors (Lipinski definition) is 5. The third-order valence-corrected chi connectivity index (χ3v) is 3.17. The molecule has 0 rings (SSSR count). The van der Waals surface area contributed by atoms with E-state index >= 15 is 0 Å². The second-order valence-electron chi connectivity index (χ2n) is 3.72. The number of unbranched alkanes of at least 4 members (excludes halogenated alkanes) is 1. The molecule has 0 heterocycles. The van der Waals surface area contributed by atoms with Crippen LogP contribution in [0.15, 0.2) is 0 Å². The van der Waals surface area contributed by atoms with Crippen molar-refractivity contribution in [1.82, 2.24) is 0 Å². The summed E-state index contributed by atoms with van der Waals surface area (Å²) in [5.74, 6) is -0.342. The van der Waals surface area contributed by atoms with Gasteiger partial charge in [0.1, 0.15) is 0 Å². The topological polar surface area (TPSA) is 115 Å². The van der Waals surface area contributed by atoms with Crippen LogP contribution in [-0.2, 0) is 10.1 Å². The first-order chi connectivity index (χ1) is 6.89. The van der Waals surface area contributed by atoms with Gasteiger partial charge in [0.05, 0.1) is 25.6 Å². The van der Waals surface area contributed by atoms with Crippen LogP contribution < -0.4 is 0 Å². The van der Waals surface area contributed by atoms with Gasteiger partial charge in [0.2, 0.25) is 0 Å². The predicted molar refractivity (Wildman–Crippen MR) is 54.0 cm³/mol. The molecule has 0 unspecified atom stereocenters. The van der Waals surface area contributed by atoms with Crippen LogP contribution in [0.4, 0.5) is 0 Å². The first-order valence-electron chi connectivity index (χ1n) is 4.67. The Morgan fingerprint density at radius 3 is 1.73 bits per heavy atom. The van der Waals surface area contributed by atoms with Gasteiger partial charge >= 0.3 is 0 Å². The van der Waals surface area contributed by atoms with Crippen LogP contribution >= 0.6 is 0 Å². The highest BCUT2D eigenvalue weighted by molar-refractivity contribution is 7.85. The predicted octanol–water partition coefficient (Wildman–Crippen LogP) is -0.992. The van der Waals surface area contributed by atoms with Gasteiger partial charge in [-0.25, -0.2) is 0 Å². The molecule has 0 aromatic carbocycles. The lowest BCUT2D eigenvalue weighted by Gasteiger charge is -2.26. The molecule has 0 spiro atoms. The van der Waals surface area contributed by atoms with Crippen molar-refractivity contribution in [3.8, 4) is 0 Å². The Morgan fingerprint density at radius 1 is 0.933 bits per heavy atom. The summed E-state index contributed by atoms with van der Waals surface area (Å²) in [6.45, 7) is -1.07. The Labute approximate surface area is 89.3 Å². The Bertz CT molecular complexity index is 248. The molecular weight excluding hydrogens is 224 g/mol. The van der Waals surface area contributed by atoms with Crippen molar-refractivity contribution in [2.24, 2.45) is 5.41 Å². The lowest BCUT2D eigenvalue weighted by atomic mass is 9.85. The molecule has 0 radical (unpaired) electrons. The maximum absolute atomic E-state index is 10.4. The minimum Gasteiger partial charge on any atom is -0.396 e. The fourth-order valence-corrected chi connectivity index (χ4v) is 1.74. The summed E-state index contributed by atoms with van der Waals surface area (Å²) in [4.78, 5) is 0. The number of aliphatic hydroxyl groups excluding tert-OH is 3. The molecule has 0 fully saturated rings. The highest BCUT2D eigenvalue weighted by Gasteiger charge is 2.27. The average molecular weight is 242 g/mol. The lowest BCUT2D eigenvalue weighted by Crippen LogP contribution is -2.33. The van der Waals surface area contributed by atoms with E-state index in [1.54, 1.807) is 0 Å². The summed E-state index contributed by atoms with van der Waals surface area (Å²) in [6, 6.07) is 0. The van der Waals surface area contributed by atoms with Crippen LogP contribution in [0.3, 0.4) is 0 Å². The van der Waals surface area contributed by atoms with Crippen LogP contribution in [0.1, 0.15) is 19.3 Å². The average Bonchev–Trinajstić information content (AvgIpc) is 2.18. The van der Waals surface area contributed by atoms with Crippen molar-refractivity contribution in [3.05, 3.63) is 0 Å². The summed E-state index contributed by atoms with van der Waals surface area (Å²) < 4.78 is 29.2. The van der Waals surface area contributed by atoms with E-state index in [9.17, 15) is 8.42 Å². The van der Waals surface area contributed by atoms with Gasteiger partial charge in [-0.3, -0.25) is 4.55 Å². The van der Waals surface area contributed by atoms with Gasteiger partial charge in [0.15, 0.2) is 0 Å². The zero-order chi connectivity index (χ0) is 11.9. The SMILES string of the molecule is O=S(=O)(O)CCCCC(CO)(CO)CO. The summed E-state index contributed by atoms with van der Waals surface area (Å²) >= 11 is 0. The highest BCUT2D eigenvalue weighted by Crippen LogP contribution is 2.22. The van der Waals surface area contributed by atoms with Crippen LogP contribution in [0, 0.1) is 5.41 Å². The molecule has 6 nitrogen and oxygen atoms in total. The van der Waals surface area contributed by atoms with Gasteiger partial charge in [-0.05, 0) is 12.8 Å². The van der Waals surface area contributed by atoms with Crippen molar-refractivity contribution in [3.63, 3.8) is 0 Å². The second kappa shape index (κ2) is 6.39. The fourth-order valence-electron chi connectivity index (χ4n) is 1.17. The Hall–Kier alpha value is -0.210. The van der Waals surface area contributed by atoms with Crippen molar-refractivity contribution in [1.29, 1.82) is 0 Å². The number of hydrogen-bond donors (Lipinski definition) is 4. The van der Waals surface area contributed by atoms with Gasteiger partial charge in [0, 0.05) is 5.41 Å². The van der Waals surface area contributed by atoms with E-state index in [-0.39, 0.29) is 32.0 Å². The largest absolute Gasteiger partial charge is 0.396 e. The van der Waals surface area contributed by atoms with E-state index < -0.39 is 15.5 Å². The molecule has 92 valence electrons. The molecule has 7 heteroatoms. The molecule has 0 aliphatic heterocycles. The monoisotopic (exact) mass is 242 g/mol. The van der Waals surface area contributed by atoms with Crippen LogP contribution in [0.25, 0.3) is 0 Å². The summed E-state index contributed by atoms with van der Waals surface area (Å²) in [5.41, 5.74) is -0.959. The molecule has 0 aliphatic carbocycles. The van der Waals surface area contributed by atoms with Gasteiger partial charge in [0.25, 0.3) is 10.1 Å². The van der Waals surface area contributed by atoms with Crippen molar-refractivity contribution >= 4 is 10.1 Å². The maximum atomic E-state index is 10.4. The van der Waals surface area contributed by atoms with Gasteiger partial charge in [-0.1, -0.05) is 6.42 Å². The molecular formula is C8H18O6S. The van der Waals surface area contributed by atoms with Crippen LogP contribution in [0.5, 0.6) is 0 Å². The maximum Gasteiger partial charge on any atom is 0.264 e. The van der Waals surface area contributed by atoms with E-state index in [0.29, 0.717) is 12.8 Å². The van der Waals surface area contributed by atoms with Crippen molar-refractivity contribution in [2.75, 3.05) is 25.6 Å². The van der Waals surface area contributed by atoms with Crippen molar-refractivity contribution < 1.29 is 28.3 Å². The third kappa shape index (κ3) is 6.06. The highest BCUT2D eigenvalue weighted by atomic mass is 32.2. The molecule has 0 atom stereocenters. The van der Waals surface area contributed by atoms with E-state index in [1.165, 1.54) is 0 Å². The zero-order valence-corrected chi connectivity index (χ0v) is 9.28. The van der Waals surface area contributed by atoms with Crippen LogP contribution in [-0.4, -0.2) is 53.9 Å². The van der Waals surface area contributed by atoms with Gasteiger partial charge < -0.3 is 15.3 Å². The minimum absolute atomic E-state index is 0.237. The molecule has 0 saturated carbocycles.